The van der Waals surface area contributed by atoms with Crippen LogP contribution in [0, 0.1) is 0 Å². The maximum atomic E-state index is 15.1. The second kappa shape index (κ2) is 35.9. The molecule has 9 atom stereocenters. The van der Waals surface area contributed by atoms with Crippen molar-refractivity contribution in [2.24, 2.45) is 11.5 Å². The Hall–Kier alpha value is -8.32. The van der Waals surface area contributed by atoms with E-state index in [1.165, 1.54) is 61.5 Å². The van der Waals surface area contributed by atoms with Gasteiger partial charge in [-0.2, -0.15) is 0 Å². The number of benzene rings is 4. The predicted octanol–water partition coefficient (Wildman–Crippen LogP) is 1.82. The molecule has 0 radical (unpaired) electrons. The number of rotatable bonds is 23. The molecule has 2 unspecified atom stereocenters. The quantitative estimate of drug-likeness (QED) is 0.0286. The number of phenols is 1. The van der Waals surface area contributed by atoms with E-state index in [4.69, 9.17) is 23.1 Å². The average molecular weight is 1420 g/mol. The van der Waals surface area contributed by atoms with E-state index >= 15 is 9.59 Å². The first-order valence-electron chi connectivity index (χ1n) is 28.9. The summed E-state index contributed by atoms with van der Waals surface area (Å²) in [7, 11) is 1.80. The van der Waals surface area contributed by atoms with Crippen molar-refractivity contribution in [1.29, 1.82) is 0 Å². The minimum atomic E-state index is -1.78. The first kappa shape index (κ1) is 71.8. The van der Waals surface area contributed by atoms with Gasteiger partial charge in [-0.1, -0.05) is 120 Å². The van der Waals surface area contributed by atoms with Crippen molar-refractivity contribution in [2.45, 2.75) is 120 Å². The summed E-state index contributed by atoms with van der Waals surface area (Å²) in [6, 6.07) is 13.6. The van der Waals surface area contributed by atoms with Gasteiger partial charge in [0, 0.05) is 53.3 Å². The maximum Gasteiger partial charge on any atom is 0.251 e. The molecule has 486 valence electrons. The Morgan fingerprint density at radius 3 is 1.85 bits per heavy atom. The van der Waals surface area contributed by atoms with Gasteiger partial charge in [-0.15, -0.1) is 0 Å². The average Bonchev–Trinajstić information content (AvgIpc) is 2.10. The van der Waals surface area contributed by atoms with Gasteiger partial charge in [0.05, 0.1) is 12.6 Å². The summed E-state index contributed by atoms with van der Waals surface area (Å²) >= 11 is 5.26. The fourth-order valence-electron chi connectivity index (χ4n) is 9.18. The number of allylic oxidation sites excluding steroid dienone is 2. The number of aliphatic hydroxyl groups is 2. The summed E-state index contributed by atoms with van der Waals surface area (Å²) in [5.74, 6) is -10.6. The van der Waals surface area contributed by atoms with Crippen LogP contribution in [0.15, 0.2) is 125 Å². The molecule has 2 heterocycles. The lowest BCUT2D eigenvalue weighted by Gasteiger charge is -2.29. The number of unbranched alkanes of at least 4 members (excludes halogenated alkanes) is 2. The molecular weight excluding hydrogens is 1350 g/mol. The van der Waals surface area contributed by atoms with Crippen molar-refractivity contribution < 1.29 is 68.1 Å². The van der Waals surface area contributed by atoms with E-state index in [9.17, 15) is 58.5 Å². The Balaban J connectivity index is 1.42. The monoisotopic (exact) mass is 1420 g/mol. The van der Waals surface area contributed by atoms with Crippen molar-refractivity contribution in [3.63, 3.8) is 0 Å². The minimum Gasteiger partial charge on any atom is -0.508 e. The minimum absolute atomic E-state index is 0.00607. The molecule has 4 aromatic rings. The second-order valence-electron chi connectivity index (χ2n) is 21.3. The highest BCUT2D eigenvalue weighted by atomic mass is 127. The third-order valence-electron chi connectivity index (χ3n) is 14.2. The molecule has 91 heavy (non-hydrogen) atoms. The number of hydrogen-bond acceptors (Lipinski definition) is 16. The highest BCUT2D eigenvalue weighted by molar-refractivity contribution is 14.2. The Morgan fingerprint density at radius 1 is 0.659 bits per heavy atom. The fraction of sp³-hybridized carbons (Fsp3) is 0.355. The molecule has 2 aliphatic rings. The molecule has 1 fully saturated rings. The van der Waals surface area contributed by atoms with Gasteiger partial charge in [0.15, 0.2) is 0 Å². The van der Waals surface area contributed by atoms with Gasteiger partial charge < -0.3 is 74.6 Å². The molecular formula is C62H73ClIN11O14S2. The molecule has 2 aliphatic heterocycles. The molecule has 4 aromatic carbocycles. The number of primary amides is 2. The standard InChI is InChI=1S/C62H73ClIN11O14S2/c1-3-4-6-11-43-56(83)75-52(34(2)76)62(89)74-49(60(87)70-44(54(66)81)29-38-18-25-50(78)64-30-38)33-91-90-32-48(73-57(84)45(26-36-14-21-41(63)22-15-36)68-51(79)31-67-55(82)40-9-7-5-8-10-40)61(88)72-47(28-37-16-23-42(77)24-17-37)59(86)71-46(58(85)69-43)27-35-12-19-39(20-13-35)53(65)80/h5,7-10,12-25,30,34,43-49,52,76-78H,3-4,6,11,26-29,31-33H2,1-2H3,(H2,65,80)(H2,66,81)(H,67,82)(H,68,79)(H,69,85)(H,70,87)(H,71,86)(H,72,88)(H,73,84)(H,74,89)(H,75,83)/t34?,43-,44+,45?,46+,47-,48+,49-,52-/m0/s1. The van der Waals surface area contributed by atoms with Crippen molar-refractivity contribution in [2.75, 3.05) is 18.1 Å². The lowest BCUT2D eigenvalue weighted by Crippen LogP contribution is -2.62. The summed E-state index contributed by atoms with van der Waals surface area (Å²) in [6.45, 7) is 2.54. The largest absolute Gasteiger partial charge is 0.508 e. The Bertz CT molecular complexity index is 3360. The van der Waals surface area contributed by atoms with Gasteiger partial charge in [-0.05, 0) is 115 Å². The van der Waals surface area contributed by atoms with Crippen LogP contribution < -0.4 is 59.3 Å². The third kappa shape index (κ3) is 23.5. The van der Waals surface area contributed by atoms with Crippen LogP contribution in [-0.2, 0) is 62.4 Å². The summed E-state index contributed by atoms with van der Waals surface area (Å²) in [5, 5.41) is 55.4. The zero-order valence-electron chi connectivity index (χ0n) is 49.6. The van der Waals surface area contributed by atoms with Gasteiger partial charge in [0.25, 0.3) is 5.91 Å². The van der Waals surface area contributed by atoms with E-state index in [1.807, 2.05) is 6.92 Å². The number of aromatic hydroxyl groups is 1. The Morgan fingerprint density at radius 2 is 1.25 bits per heavy atom. The molecule has 0 aromatic heterocycles. The summed E-state index contributed by atoms with van der Waals surface area (Å²) in [4.78, 5) is 155. The Labute approximate surface area is 547 Å². The molecule has 16 N–H and O–H groups in total. The number of nitrogens with two attached hydrogens (primary N) is 2. The van der Waals surface area contributed by atoms with Crippen LogP contribution in [0.2, 0.25) is 5.02 Å². The van der Waals surface area contributed by atoms with E-state index < -0.39 is 147 Å². The van der Waals surface area contributed by atoms with Crippen LogP contribution in [0.25, 0.3) is 0 Å². The Kier molecular flexibility index (Phi) is 28.3. The van der Waals surface area contributed by atoms with Gasteiger partial charge in [0.1, 0.15) is 57.9 Å². The molecule has 29 heteroatoms. The van der Waals surface area contributed by atoms with E-state index in [0.717, 1.165) is 21.6 Å². The molecule has 25 nitrogen and oxygen atoms in total. The van der Waals surface area contributed by atoms with E-state index in [1.54, 1.807) is 64.7 Å². The van der Waals surface area contributed by atoms with Crippen LogP contribution in [0.4, 0.5) is 0 Å². The number of carbonyl (C=O) groups excluding carboxylic acids is 11. The summed E-state index contributed by atoms with van der Waals surface area (Å²) in [6.07, 6.45) is 2.19. The number of halogens is 2. The van der Waals surface area contributed by atoms with Crippen LogP contribution in [0.3, 0.4) is 0 Å². The smallest absolute Gasteiger partial charge is 0.251 e. The molecule has 0 spiro atoms. The number of amides is 11. The zero-order chi connectivity index (χ0) is 66.1. The van der Waals surface area contributed by atoms with Gasteiger partial charge in [0.2, 0.25) is 59.1 Å². The van der Waals surface area contributed by atoms with Crippen molar-refractivity contribution >= 4 is 123 Å². The zero-order valence-corrected chi connectivity index (χ0v) is 54.1. The van der Waals surface area contributed by atoms with Crippen LogP contribution in [-0.4, -0.2) is 157 Å². The van der Waals surface area contributed by atoms with Crippen LogP contribution in [0.5, 0.6) is 5.75 Å². The first-order valence-corrected chi connectivity index (χ1v) is 34.1. The summed E-state index contributed by atoms with van der Waals surface area (Å²) < 4.78 is 1.90. The van der Waals surface area contributed by atoms with E-state index in [-0.39, 0.29) is 64.3 Å². The lowest BCUT2D eigenvalue weighted by molar-refractivity contribution is -0.136. The first-order chi connectivity index (χ1) is 43.5. The fourth-order valence-corrected chi connectivity index (χ4v) is 13.2. The predicted molar refractivity (Wildman–Crippen MR) is 353 cm³/mol. The topological polar surface area (TPSA) is 409 Å². The molecule has 0 bridgehead atoms. The number of phenolic OH excluding ortho intramolecular Hbond substituents is 1. The van der Waals surface area contributed by atoms with Crippen LogP contribution in [0.1, 0.15) is 83.4 Å². The molecule has 0 aliphatic carbocycles. The highest BCUT2D eigenvalue weighted by Crippen LogP contribution is 2.25. The summed E-state index contributed by atoms with van der Waals surface area (Å²) in [5.41, 5.74) is 13.6. The highest BCUT2D eigenvalue weighted by Gasteiger charge is 2.37. The lowest BCUT2D eigenvalue weighted by atomic mass is 10.00. The molecule has 6 rings (SSSR count). The van der Waals surface area contributed by atoms with Gasteiger partial charge >= 0.3 is 0 Å². The van der Waals surface area contributed by atoms with Crippen molar-refractivity contribution in [1.82, 2.24) is 47.9 Å². The number of carbonyl (C=O) groups is 11. The van der Waals surface area contributed by atoms with Crippen LogP contribution >= 0.6 is 53.9 Å². The molecule has 11 amide bonds. The number of hydrogen-bond donors (Lipinski definition) is 14. The van der Waals surface area contributed by atoms with E-state index in [2.05, 4.69) is 47.9 Å². The second-order valence-corrected chi connectivity index (χ2v) is 26.7. The van der Waals surface area contributed by atoms with Gasteiger partial charge in [-0.3, -0.25) is 52.7 Å². The normalized spacial score (nSPS) is 20.5. The van der Waals surface area contributed by atoms with Crippen molar-refractivity contribution in [3.8, 4) is 5.75 Å². The number of aliphatic hydroxyl groups excluding tert-OH is 2. The van der Waals surface area contributed by atoms with E-state index in [0.29, 0.717) is 46.5 Å². The SMILES string of the molecule is CCCCC[C@@H]1NC(=O)[C@@H](Cc2ccc(C(N)=O)cc2)NC(=O)[C@H](Cc2ccc(O)cc2)NC(=O)[C@H](NC(=O)C(Cc2ccc(Cl)cc2)NC(=O)CNC(=O)c2ccccc2)CSSC[C@@H](C(=O)N[C@H](CC2=CC=C(O)I=C2)C(N)=O)NC(=O)[C@H](C(C)O)NC1=O. The van der Waals surface area contributed by atoms with Crippen molar-refractivity contribution in [3.05, 3.63) is 157 Å². The third-order valence-corrected chi connectivity index (χ3v) is 19.0. The number of nitrogens with one attached hydrogen (secondary N) is 9. The molecule has 0 saturated carbocycles. The maximum absolute atomic E-state index is 15.1. The molecule has 1 saturated heterocycles. The van der Waals surface area contributed by atoms with Gasteiger partial charge in [-0.25, -0.2) is 0 Å².